The number of hydrogen-bond donors (Lipinski definition) is 1. The summed E-state index contributed by atoms with van der Waals surface area (Å²) in [5.74, 6) is 1.94. The first-order chi connectivity index (χ1) is 10.8. The number of hydrogen-bond acceptors (Lipinski definition) is 5. The van der Waals surface area contributed by atoms with Gasteiger partial charge in [-0.25, -0.2) is 0 Å². The van der Waals surface area contributed by atoms with Crippen LogP contribution in [-0.2, 0) is 17.8 Å². The smallest absolute Gasteiger partial charge is 0.264 e. The third-order valence-corrected chi connectivity index (χ3v) is 3.49. The molecule has 7 heteroatoms. The van der Waals surface area contributed by atoms with Crippen LogP contribution in [0.15, 0.2) is 30.6 Å². The molecule has 1 atom stereocenters. The molecule has 1 aromatic carbocycles. The van der Waals surface area contributed by atoms with Crippen molar-refractivity contribution in [1.29, 1.82) is 0 Å². The third-order valence-electron chi connectivity index (χ3n) is 3.49. The van der Waals surface area contributed by atoms with Crippen LogP contribution in [0.5, 0.6) is 11.5 Å². The van der Waals surface area contributed by atoms with Gasteiger partial charge in [-0.2, -0.15) is 0 Å². The van der Waals surface area contributed by atoms with Gasteiger partial charge in [0, 0.05) is 19.5 Å². The lowest BCUT2D eigenvalue weighted by atomic mass is 10.2. The Hall–Kier alpha value is -2.57. The fourth-order valence-electron chi connectivity index (χ4n) is 2.30. The number of benzene rings is 1. The minimum Gasteiger partial charge on any atom is -0.485 e. The van der Waals surface area contributed by atoms with Crippen molar-refractivity contribution in [1.82, 2.24) is 20.1 Å². The van der Waals surface area contributed by atoms with Crippen molar-refractivity contribution < 1.29 is 14.3 Å². The third kappa shape index (κ3) is 3.03. The summed E-state index contributed by atoms with van der Waals surface area (Å²) in [6.45, 7) is 3.54. The molecule has 0 saturated heterocycles. The van der Waals surface area contributed by atoms with Gasteiger partial charge in [0.2, 0.25) is 6.10 Å². The Kier molecular flexibility index (Phi) is 4.22. The highest BCUT2D eigenvalue weighted by Gasteiger charge is 2.26. The zero-order valence-electron chi connectivity index (χ0n) is 12.4. The van der Waals surface area contributed by atoms with Crippen molar-refractivity contribution in [2.45, 2.75) is 26.0 Å². The van der Waals surface area contributed by atoms with Gasteiger partial charge in [-0.3, -0.25) is 4.79 Å². The first-order valence-corrected chi connectivity index (χ1v) is 7.31. The number of carbonyl (C=O) groups is 1. The number of aryl methyl sites for hydroxylation is 1. The molecule has 0 saturated carbocycles. The van der Waals surface area contributed by atoms with Crippen LogP contribution in [0.4, 0.5) is 0 Å². The number of para-hydroxylation sites is 2. The maximum Gasteiger partial charge on any atom is 0.264 e. The maximum absolute atomic E-state index is 12.1. The summed E-state index contributed by atoms with van der Waals surface area (Å²) < 4.78 is 13.1. The molecule has 7 nitrogen and oxygen atoms in total. The summed E-state index contributed by atoms with van der Waals surface area (Å²) in [6.07, 6.45) is 1.69. The van der Waals surface area contributed by atoms with E-state index in [9.17, 15) is 4.79 Å². The zero-order chi connectivity index (χ0) is 15.4. The van der Waals surface area contributed by atoms with Crippen LogP contribution in [0.1, 0.15) is 12.7 Å². The Morgan fingerprint density at radius 3 is 3.05 bits per heavy atom. The first-order valence-electron chi connectivity index (χ1n) is 7.31. The number of ether oxygens (including phenoxy) is 2. The second-order valence-electron chi connectivity index (χ2n) is 4.94. The van der Waals surface area contributed by atoms with E-state index in [0.29, 0.717) is 24.5 Å². The monoisotopic (exact) mass is 302 g/mol. The standard InChI is InChI=1S/C15H18N4O3/c1-2-19-10-17-18-14(19)7-8-16-15(20)13-9-21-11-5-3-4-6-12(11)22-13/h3-6,10,13H,2,7-9H2,1H3,(H,16,20). The highest BCUT2D eigenvalue weighted by atomic mass is 16.6. The summed E-state index contributed by atoms with van der Waals surface area (Å²) in [7, 11) is 0. The lowest BCUT2D eigenvalue weighted by molar-refractivity contribution is -0.130. The predicted molar refractivity (Wildman–Crippen MR) is 78.8 cm³/mol. The highest BCUT2D eigenvalue weighted by Crippen LogP contribution is 2.30. The zero-order valence-corrected chi connectivity index (χ0v) is 12.4. The van der Waals surface area contributed by atoms with Crippen molar-refractivity contribution in [2.24, 2.45) is 0 Å². The number of fused-ring (bicyclic) bond motifs is 1. The van der Waals surface area contributed by atoms with Crippen LogP contribution in [0.3, 0.4) is 0 Å². The Morgan fingerprint density at radius 1 is 1.41 bits per heavy atom. The number of amides is 1. The minimum absolute atomic E-state index is 0.183. The van der Waals surface area contributed by atoms with Gasteiger partial charge in [-0.1, -0.05) is 12.1 Å². The molecule has 3 rings (SSSR count). The van der Waals surface area contributed by atoms with E-state index in [4.69, 9.17) is 9.47 Å². The van der Waals surface area contributed by atoms with Crippen molar-refractivity contribution in [2.75, 3.05) is 13.2 Å². The van der Waals surface area contributed by atoms with Crippen LogP contribution in [0.2, 0.25) is 0 Å². The Labute approximate surface area is 128 Å². The van der Waals surface area contributed by atoms with Crippen molar-refractivity contribution in [3.05, 3.63) is 36.4 Å². The quantitative estimate of drug-likeness (QED) is 0.884. The second kappa shape index (κ2) is 6.46. The second-order valence-corrected chi connectivity index (χ2v) is 4.94. The van der Waals surface area contributed by atoms with Crippen LogP contribution in [0, 0.1) is 0 Å². The summed E-state index contributed by atoms with van der Waals surface area (Å²) in [5, 5.41) is 10.7. The van der Waals surface area contributed by atoms with Crippen LogP contribution >= 0.6 is 0 Å². The van der Waals surface area contributed by atoms with Gasteiger partial charge in [-0.05, 0) is 19.1 Å². The highest BCUT2D eigenvalue weighted by molar-refractivity contribution is 5.81. The molecular weight excluding hydrogens is 284 g/mol. The summed E-state index contributed by atoms with van der Waals surface area (Å²) in [6, 6.07) is 7.33. The molecule has 1 aromatic heterocycles. The molecule has 0 bridgehead atoms. The summed E-state index contributed by atoms with van der Waals surface area (Å²) in [5.41, 5.74) is 0. The molecular formula is C15H18N4O3. The largest absolute Gasteiger partial charge is 0.485 e. The van der Waals surface area contributed by atoms with Crippen LogP contribution in [0.25, 0.3) is 0 Å². The fourth-order valence-corrected chi connectivity index (χ4v) is 2.30. The lowest BCUT2D eigenvalue weighted by Crippen LogP contribution is -2.44. The van der Waals surface area contributed by atoms with Gasteiger partial charge >= 0.3 is 0 Å². The van der Waals surface area contributed by atoms with E-state index in [1.54, 1.807) is 12.4 Å². The minimum atomic E-state index is -0.626. The number of nitrogens with zero attached hydrogens (tertiary/aromatic N) is 3. The predicted octanol–water partition coefficient (Wildman–Crippen LogP) is 0.797. The molecule has 116 valence electrons. The topological polar surface area (TPSA) is 78.3 Å². The molecule has 2 aromatic rings. The van der Waals surface area contributed by atoms with Crippen molar-refractivity contribution in [3.63, 3.8) is 0 Å². The van der Waals surface area contributed by atoms with Gasteiger partial charge in [0.25, 0.3) is 5.91 Å². The van der Waals surface area contributed by atoms with Crippen LogP contribution in [-0.4, -0.2) is 39.9 Å². The molecule has 0 radical (unpaired) electrons. The number of rotatable bonds is 5. The summed E-state index contributed by atoms with van der Waals surface area (Å²) in [4.78, 5) is 12.1. The van der Waals surface area contributed by atoms with E-state index in [1.165, 1.54) is 0 Å². The SMILES string of the molecule is CCn1cnnc1CCNC(=O)C1COc2ccccc2O1. The van der Waals surface area contributed by atoms with Gasteiger partial charge < -0.3 is 19.4 Å². The average molecular weight is 302 g/mol. The molecule has 0 spiro atoms. The molecule has 0 fully saturated rings. The molecule has 1 aliphatic heterocycles. The van der Waals surface area contributed by atoms with Gasteiger partial charge in [0.05, 0.1) is 0 Å². The molecule has 1 N–H and O–H groups in total. The normalized spacial score (nSPS) is 16.3. The van der Waals surface area contributed by atoms with E-state index in [-0.39, 0.29) is 12.5 Å². The van der Waals surface area contributed by atoms with Gasteiger partial charge in [0.1, 0.15) is 18.8 Å². The Bertz CT molecular complexity index is 656. The average Bonchev–Trinajstić information content (AvgIpc) is 3.01. The van der Waals surface area contributed by atoms with Crippen LogP contribution < -0.4 is 14.8 Å². The van der Waals surface area contributed by atoms with E-state index >= 15 is 0 Å². The Morgan fingerprint density at radius 2 is 2.23 bits per heavy atom. The summed E-state index contributed by atoms with van der Waals surface area (Å²) >= 11 is 0. The van der Waals surface area contributed by atoms with Crippen molar-refractivity contribution >= 4 is 5.91 Å². The van der Waals surface area contributed by atoms with E-state index in [1.807, 2.05) is 29.7 Å². The number of carbonyl (C=O) groups excluding carboxylic acids is 1. The van der Waals surface area contributed by atoms with E-state index in [2.05, 4.69) is 15.5 Å². The fraction of sp³-hybridized carbons (Fsp3) is 0.400. The van der Waals surface area contributed by atoms with E-state index < -0.39 is 6.10 Å². The number of nitrogens with one attached hydrogen (secondary N) is 1. The molecule has 22 heavy (non-hydrogen) atoms. The number of aromatic nitrogens is 3. The molecule has 1 unspecified atom stereocenters. The van der Waals surface area contributed by atoms with Gasteiger partial charge in [0.15, 0.2) is 11.5 Å². The lowest BCUT2D eigenvalue weighted by Gasteiger charge is -2.25. The first kappa shape index (κ1) is 14.4. The van der Waals surface area contributed by atoms with Gasteiger partial charge in [-0.15, -0.1) is 10.2 Å². The molecule has 2 heterocycles. The maximum atomic E-state index is 12.1. The molecule has 1 aliphatic rings. The molecule has 0 aliphatic carbocycles. The molecule has 1 amide bonds. The Balaban J connectivity index is 1.51. The van der Waals surface area contributed by atoms with E-state index in [0.717, 1.165) is 12.4 Å². The van der Waals surface area contributed by atoms with Crippen molar-refractivity contribution in [3.8, 4) is 11.5 Å².